The van der Waals surface area contributed by atoms with Gasteiger partial charge in [-0.25, -0.2) is 0 Å². The molecule has 0 saturated heterocycles. The van der Waals surface area contributed by atoms with Gasteiger partial charge in [-0.05, 0) is 104 Å². The van der Waals surface area contributed by atoms with Gasteiger partial charge in [0.2, 0.25) is 11.2 Å². The zero-order valence-corrected chi connectivity index (χ0v) is 21.1. The first kappa shape index (κ1) is 25.2. The number of rotatable bonds is 6. The first-order valence-corrected chi connectivity index (χ1v) is 14.4. The average Bonchev–Trinajstić information content (AvgIpc) is 3.06. The Labute approximate surface area is 195 Å². The van der Waals surface area contributed by atoms with Gasteiger partial charge < -0.3 is 10.2 Å². The maximum Gasteiger partial charge on any atom is 0.216 e. The fourth-order valence-electron chi connectivity index (χ4n) is 9.48. The molecule has 0 aromatic heterocycles. The van der Waals surface area contributed by atoms with Crippen LogP contribution in [0.1, 0.15) is 85.5 Å². The quantitative estimate of drug-likeness (QED) is 0.333. The molecule has 4 saturated carbocycles. The molecule has 11 atom stereocenters. The van der Waals surface area contributed by atoms with Crippen molar-refractivity contribution in [2.45, 2.75) is 97.7 Å². The Kier molecular flexibility index (Phi) is 7.06. The van der Waals surface area contributed by atoms with Crippen LogP contribution in [0.3, 0.4) is 0 Å². The van der Waals surface area contributed by atoms with Gasteiger partial charge in [0.25, 0.3) is 0 Å². The van der Waals surface area contributed by atoms with Crippen molar-refractivity contribution in [2.24, 2.45) is 52.3 Å². The fourth-order valence-corrected chi connectivity index (χ4v) is 9.80. The molecule has 0 aromatic carbocycles. The van der Waals surface area contributed by atoms with Crippen LogP contribution in [0.2, 0.25) is 0 Å². The highest BCUT2D eigenvalue weighted by atomic mass is 32.3. The third kappa shape index (κ3) is 4.18. The van der Waals surface area contributed by atoms with E-state index in [9.17, 15) is 10.2 Å². The number of hydrogen-bond acceptors (Lipinski definition) is 6. The zero-order chi connectivity index (χ0) is 23.5. The Morgan fingerprint density at radius 2 is 1.59 bits per heavy atom. The van der Waals surface area contributed by atoms with Crippen LogP contribution in [0.5, 0.6) is 0 Å². The summed E-state index contributed by atoms with van der Waals surface area (Å²) in [5.41, 5.74) is 0.400. The Bertz CT molecular complexity index is 669. The molecule has 4 fully saturated rings. The van der Waals surface area contributed by atoms with Crippen LogP contribution >= 0.6 is 11.2 Å². The second-order valence-electron chi connectivity index (χ2n) is 12.2. The van der Waals surface area contributed by atoms with Gasteiger partial charge in [0, 0.05) is 0 Å². The summed E-state index contributed by atoms with van der Waals surface area (Å²) >= 11 is -3.89. The van der Waals surface area contributed by atoms with E-state index in [1.165, 1.54) is 6.42 Å². The lowest BCUT2D eigenvalue weighted by atomic mass is 9.41. The van der Waals surface area contributed by atoms with E-state index < -0.39 is 11.2 Å². The van der Waals surface area contributed by atoms with Crippen LogP contribution in [0.4, 0.5) is 0 Å². The van der Waals surface area contributed by atoms with Gasteiger partial charge in [-0.15, -0.1) is 0 Å². The monoisotopic (exact) mass is 474 g/mol. The van der Waals surface area contributed by atoms with Crippen molar-refractivity contribution < 1.29 is 28.1 Å². The van der Waals surface area contributed by atoms with Crippen LogP contribution in [0.15, 0.2) is 0 Å². The van der Waals surface area contributed by atoms with E-state index in [-0.39, 0.29) is 35.6 Å². The average molecular weight is 475 g/mol. The predicted molar refractivity (Wildman–Crippen MR) is 127 cm³/mol. The molecule has 4 aliphatic carbocycles. The minimum absolute atomic E-state index is 0.145. The maximum absolute atomic E-state index is 11.7. The minimum atomic E-state index is -3.89. The normalized spacial score (nSPS) is 50.3. The number of aliphatic hydroxyl groups is 2. The van der Waals surface area contributed by atoms with Gasteiger partial charge in [-0.1, -0.05) is 34.1 Å². The maximum atomic E-state index is 11.7. The SMILES string of the molecule is CC[C@H]1C(O)C2C3CCC([C@H](C)CCOS(O)(O)O)[C@@]3(C)CCC2[C@@]2(C)CC[C@@H](O)C[C@@H]12. The van der Waals surface area contributed by atoms with Crippen LogP contribution in [0.25, 0.3) is 0 Å². The summed E-state index contributed by atoms with van der Waals surface area (Å²) < 4.78 is 32.1. The Morgan fingerprint density at radius 1 is 0.938 bits per heavy atom. The van der Waals surface area contributed by atoms with Crippen molar-refractivity contribution in [1.82, 2.24) is 0 Å². The molecule has 7 heteroatoms. The third-order valence-electron chi connectivity index (χ3n) is 11.0. The van der Waals surface area contributed by atoms with E-state index >= 15 is 0 Å². The van der Waals surface area contributed by atoms with Crippen LogP contribution in [-0.2, 0) is 4.18 Å². The molecule has 0 spiro atoms. The summed E-state index contributed by atoms with van der Waals surface area (Å²) in [4.78, 5) is 0. The lowest BCUT2D eigenvalue weighted by Gasteiger charge is -2.64. The molecule has 0 amide bonds. The largest absolute Gasteiger partial charge is 0.393 e. The molecule has 0 heterocycles. The topological polar surface area (TPSA) is 110 Å². The van der Waals surface area contributed by atoms with Gasteiger partial charge >= 0.3 is 0 Å². The lowest BCUT2D eigenvalue weighted by Crippen LogP contribution is -2.62. The second kappa shape index (κ2) is 8.96. The van der Waals surface area contributed by atoms with Gasteiger partial charge in [-0.3, -0.25) is 17.8 Å². The smallest absolute Gasteiger partial charge is 0.216 e. The Morgan fingerprint density at radius 3 is 2.25 bits per heavy atom. The van der Waals surface area contributed by atoms with E-state index in [0.29, 0.717) is 41.9 Å². The van der Waals surface area contributed by atoms with E-state index in [1.54, 1.807) is 0 Å². The molecule has 6 nitrogen and oxygen atoms in total. The summed E-state index contributed by atoms with van der Waals surface area (Å²) in [5, 5.41) is 22.2. The Balaban J connectivity index is 1.55. The highest BCUT2D eigenvalue weighted by Gasteiger charge is 2.64. The molecule has 0 aromatic rings. The fraction of sp³-hybridized carbons (Fsp3) is 1.00. The van der Waals surface area contributed by atoms with Crippen molar-refractivity contribution in [1.29, 1.82) is 0 Å². The van der Waals surface area contributed by atoms with Gasteiger partial charge in [0.1, 0.15) is 0 Å². The number of fused-ring (bicyclic) bond motifs is 5. The van der Waals surface area contributed by atoms with Crippen molar-refractivity contribution in [3.63, 3.8) is 0 Å². The molecule has 188 valence electrons. The molecule has 4 rings (SSSR count). The summed E-state index contributed by atoms with van der Waals surface area (Å²) in [6.07, 6.45) is 8.63. The number of aliphatic hydroxyl groups excluding tert-OH is 2. The molecule has 32 heavy (non-hydrogen) atoms. The number of hydrogen-bond donors (Lipinski definition) is 5. The van der Waals surface area contributed by atoms with Crippen LogP contribution in [0, 0.1) is 52.3 Å². The van der Waals surface area contributed by atoms with E-state index in [4.69, 9.17) is 17.8 Å². The molecular formula is C25H46O6S. The molecule has 0 aliphatic heterocycles. The molecule has 4 aliphatic rings. The first-order chi connectivity index (χ1) is 14.9. The van der Waals surface area contributed by atoms with Crippen molar-refractivity contribution in [2.75, 3.05) is 6.61 Å². The molecule has 5 N–H and O–H groups in total. The van der Waals surface area contributed by atoms with Gasteiger partial charge in [0.15, 0.2) is 0 Å². The molecule has 5 unspecified atom stereocenters. The van der Waals surface area contributed by atoms with Crippen molar-refractivity contribution in [3.8, 4) is 0 Å². The summed E-state index contributed by atoms with van der Waals surface area (Å²) in [6.45, 7) is 9.49. The van der Waals surface area contributed by atoms with E-state index in [2.05, 4.69) is 27.7 Å². The Hall–Kier alpha value is 0.110. The molecule has 0 radical (unpaired) electrons. The van der Waals surface area contributed by atoms with Crippen LogP contribution in [-0.4, -0.2) is 42.7 Å². The van der Waals surface area contributed by atoms with E-state index in [1.807, 2.05) is 0 Å². The summed E-state index contributed by atoms with van der Waals surface area (Å²) in [6, 6.07) is 0. The molecule has 0 bridgehead atoms. The highest BCUT2D eigenvalue weighted by Crippen LogP contribution is 2.69. The van der Waals surface area contributed by atoms with Crippen molar-refractivity contribution in [3.05, 3.63) is 0 Å². The van der Waals surface area contributed by atoms with Gasteiger partial charge in [-0.2, -0.15) is 0 Å². The van der Waals surface area contributed by atoms with Crippen LogP contribution < -0.4 is 0 Å². The summed E-state index contributed by atoms with van der Waals surface area (Å²) in [5.74, 6) is 2.97. The third-order valence-corrected chi connectivity index (χ3v) is 11.4. The first-order valence-electron chi connectivity index (χ1n) is 12.9. The lowest BCUT2D eigenvalue weighted by molar-refractivity contribution is -0.203. The highest BCUT2D eigenvalue weighted by molar-refractivity contribution is 8.15. The second-order valence-corrected chi connectivity index (χ2v) is 13.4. The molecular weight excluding hydrogens is 428 g/mol. The zero-order valence-electron chi connectivity index (χ0n) is 20.3. The predicted octanol–water partition coefficient (Wildman–Crippen LogP) is 5.79. The standard InChI is InChI=1S/C25H46O6S/c1-5-17-21-14-16(26)8-11-25(21,4)20-9-12-24(3)18(6-7-19(24)22(20)23(17)27)15(2)10-13-31-32(28,29)30/h15-23,26-30H,5-14H2,1-4H3/t15-,16-,17-,18?,19?,20?,21+,22?,23?,24-,25-/m1/s1. The van der Waals surface area contributed by atoms with Gasteiger partial charge in [0.05, 0.1) is 18.8 Å². The van der Waals surface area contributed by atoms with Crippen molar-refractivity contribution >= 4 is 11.2 Å². The van der Waals surface area contributed by atoms with E-state index in [0.717, 1.165) is 44.9 Å². The summed E-state index contributed by atoms with van der Waals surface area (Å²) in [7, 11) is 0. The minimum Gasteiger partial charge on any atom is -0.393 e.